The first-order chi connectivity index (χ1) is 7.16. The van der Waals surface area contributed by atoms with Gasteiger partial charge >= 0.3 is 0 Å². The van der Waals surface area contributed by atoms with Gasteiger partial charge in [-0.15, -0.1) is 0 Å². The summed E-state index contributed by atoms with van der Waals surface area (Å²) in [6.07, 6.45) is 0. The van der Waals surface area contributed by atoms with Crippen molar-refractivity contribution in [3.05, 3.63) is 45.8 Å². The minimum Gasteiger partial charge on any atom is -0.267 e. The van der Waals surface area contributed by atoms with Crippen molar-refractivity contribution < 1.29 is 4.39 Å². The second-order valence-electron chi connectivity index (χ2n) is 2.93. The van der Waals surface area contributed by atoms with Crippen molar-refractivity contribution in [1.82, 2.24) is 10.2 Å². The third-order valence-corrected chi connectivity index (χ3v) is 2.43. The van der Waals surface area contributed by atoms with Crippen LogP contribution in [0.25, 0.3) is 11.3 Å². The standard InChI is InChI=1S/C10H6ClFN2S/c11-8-5-6(12)1-2-7(8)9-3-4-10(15)14-13-9/h1-5H,(H,14,15). The Hall–Kier alpha value is -1.26. The lowest BCUT2D eigenvalue weighted by molar-refractivity contribution is 0.628. The Kier molecular flexibility index (Phi) is 2.79. The number of benzene rings is 1. The minimum absolute atomic E-state index is 0.327. The molecule has 0 amide bonds. The van der Waals surface area contributed by atoms with Gasteiger partial charge in [-0.3, -0.25) is 5.10 Å². The predicted molar refractivity (Wildman–Crippen MR) is 59.8 cm³/mol. The van der Waals surface area contributed by atoms with Crippen molar-refractivity contribution in [2.75, 3.05) is 0 Å². The van der Waals surface area contributed by atoms with Gasteiger partial charge in [0.1, 0.15) is 10.5 Å². The first-order valence-electron chi connectivity index (χ1n) is 4.18. The zero-order chi connectivity index (χ0) is 10.8. The third-order valence-electron chi connectivity index (χ3n) is 1.89. The fourth-order valence-corrected chi connectivity index (χ4v) is 1.57. The first kappa shape index (κ1) is 10.3. The number of aromatic nitrogens is 2. The van der Waals surface area contributed by atoms with E-state index in [2.05, 4.69) is 10.2 Å². The van der Waals surface area contributed by atoms with E-state index in [9.17, 15) is 4.39 Å². The molecule has 2 nitrogen and oxygen atoms in total. The maximum atomic E-state index is 12.8. The average Bonchev–Trinajstić information content (AvgIpc) is 2.20. The highest BCUT2D eigenvalue weighted by molar-refractivity contribution is 7.71. The highest BCUT2D eigenvalue weighted by atomic mass is 35.5. The van der Waals surface area contributed by atoms with Crippen LogP contribution in [0, 0.1) is 10.5 Å². The molecule has 2 aromatic rings. The molecule has 76 valence electrons. The summed E-state index contributed by atoms with van der Waals surface area (Å²) in [5.41, 5.74) is 1.30. The number of nitrogens with one attached hydrogen (secondary N) is 1. The van der Waals surface area contributed by atoms with Crippen LogP contribution in [0.2, 0.25) is 5.02 Å². The monoisotopic (exact) mass is 240 g/mol. The summed E-state index contributed by atoms with van der Waals surface area (Å²) in [6, 6.07) is 7.61. The maximum Gasteiger partial charge on any atom is 0.124 e. The summed E-state index contributed by atoms with van der Waals surface area (Å²) in [7, 11) is 0. The molecule has 0 fully saturated rings. The number of halogens is 2. The van der Waals surface area contributed by atoms with Crippen LogP contribution in [0.4, 0.5) is 4.39 Å². The number of rotatable bonds is 1. The molecule has 0 radical (unpaired) electrons. The van der Waals surface area contributed by atoms with Gasteiger partial charge in [0.15, 0.2) is 0 Å². The highest BCUT2D eigenvalue weighted by Gasteiger charge is 2.05. The molecule has 0 aliphatic heterocycles. The van der Waals surface area contributed by atoms with E-state index in [1.807, 2.05) is 0 Å². The van der Waals surface area contributed by atoms with Crippen molar-refractivity contribution in [2.24, 2.45) is 0 Å². The van der Waals surface area contributed by atoms with E-state index in [0.29, 0.717) is 20.9 Å². The molecule has 0 aliphatic carbocycles. The van der Waals surface area contributed by atoms with Gasteiger partial charge in [0, 0.05) is 5.56 Å². The molecule has 1 N–H and O–H groups in total. The molecule has 15 heavy (non-hydrogen) atoms. The Balaban J connectivity index is 2.54. The normalized spacial score (nSPS) is 10.3. The Morgan fingerprint density at radius 1 is 1.27 bits per heavy atom. The fourth-order valence-electron chi connectivity index (χ4n) is 1.19. The van der Waals surface area contributed by atoms with Gasteiger partial charge in [-0.1, -0.05) is 23.8 Å². The lowest BCUT2D eigenvalue weighted by Crippen LogP contribution is -1.88. The van der Waals surface area contributed by atoms with Crippen molar-refractivity contribution in [3.63, 3.8) is 0 Å². The molecule has 0 atom stereocenters. The van der Waals surface area contributed by atoms with Crippen LogP contribution in [0.5, 0.6) is 0 Å². The van der Waals surface area contributed by atoms with Crippen LogP contribution < -0.4 is 0 Å². The van der Waals surface area contributed by atoms with E-state index in [1.165, 1.54) is 12.1 Å². The number of hydrogen-bond donors (Lipinski definition) is 1. The van der Waals surface area contributed by atoms with Gasteiger partial charge in [0.05, 0.1) is 10.7 Å². The van der Waals surface area contributed by atoms with Gasteiger partial charge in [0.25, 0.3) is 0 Å². The fraction of sp³-hybridized carbons (Fsp3) is 0. The molecule has 0 saturated carbocycles. The van der Waals surface area contributed by atoms with Gasteiger partial charge in [-0.2, -0.15) is 5.10 Å². The Morgan fingerprint density at radius 3 is 2.67 bits per heavy atom. The van der Waals surface area contributed by atoms with Crippen LogP contribution in [-0.2, 0) is 0 Å². The summed E-state index contributed by atoms with van der Waals surface area (Å²) in [4.78, 5) is 0. The van der Waals surface area contributed by atoms with E-state index in [1.54, 1.807) is 18.2 Å². The number of aromatic amines is 1. The van der Waals surface area contributed by atoms with Crippen molar-refractivity contribution >= 4 is 23.8 Å². The van der Waals surface area contributed by atoms with Crippen LogP contribution >= 0.6 is 23.8 Å². The van der Waals surface area contributed by atoms with Crippen LogP contribution in [0.15, 0.2) is 30.3 Å². The van der Waals surface area contributed by atoms with Crippen molar-refractivity contribution in [2.45, 2.75) is 0 Å². The molecule has 1 heterocycles. The molecule has 1 aromatic heterocycles. The summed E-state index contributed by atoms with van der Waals surface area (Å²) in [6.45, 7) is 0. The summed E-state index contributed by atoms with van der Waals surface area (Å²) < 4.78 is 13.3. The second-order valence-corrected chi connectivity index (χ2v) is 3.78. The van der Waals surface area contributed by atoms with E-state index in [0.717, 1.165) is 0 Å². The van der Waals surface area contributed by atoms with E-state index in [4.69, 9.17) is 23.8 Å². The van der Waals surface area contributed by atoms with Crippen molar-refractivity contribution in [1.29, 1.82) is 0 Å². The quantitative estimate of drug-likeness (QED) is 0.772. The molecule has 5 heteroatoms. The molecular weight excluding hydrogens is 235 g/mol. The maximum absolute atomic E-state index is 12.8. The van der Waals surface area contributed by atoms with Crippen LogP contribution in [-0.4, -0.2) is 10.2 Å². The lowest BCUT2D eigenvalue weighted by Gasteiger charge is -2.02. The zero-order valence-electron chi connectivity index (χ0n) is 7.50. The average molecular weight is 241 g/mol. The van der Waals surface area contributed by atoms with Crippen LogP contribution in [0.1, 0.15) is 0 Å². The predicted octanol–water partition coefficient (Wildman–Crippen LogP) is 3.60. The number of nitrogens with zero attached hydrogens (tertiary/aromatic N) is 1. The summed E-state index contributed by atoms with van der Waals surface area (Å²) >= 11 is 10.7. The lowest BCUT2D eigenvalue weighted by atomic mass is 10.1. The number of H-pyrrole nitrogens is 1. The van der Waals surface area contributed by atoms with Crippen molar-refractivity contribution in [3.8, 4) is 11.3 Å². The minimum atomic E-state index is -0.368. The van der Waals surface area contributed by atoms with Gasteiger partial charge in [-0.05, 0) is 30.3 Å². The zero-order valence-corrected chi connectivity index (χ0v) is 9.07. The Morgan fingerprint density at radius 2 is 2.07 bits per heavy atom. The molecular formula is C10H6ClFN2S. The SMILES string of the molecule is Fc1ccc(-c2ccc(=S)[nH]n2)c(Cl)c1. The molecule has 0 aliphatic rings. The molecule has 0 unspecified atom stereocenters. The summed E-state index contributed by atoms with van der Waals surface area (Å²) in [5, 5.41) is 6.98. The topological polar surface area (TPSA) is 28.7 Å². The van der Waals surface area contributed by atoms with Crippen LogP contribution in [0.3, 0.4) is 0 Å². The smallest absolute Gasteiger partial charge is 0.124 e. The summed E-state index contributed by atoms with van der Waals surface area (Å²) in [5.74, 6) is -0.368. The van der Waals surface area contributed by atoms with E-state index < -0.39 is 0 Å². The van der Waals surface area contributed by atoms with Gasteiger partial charge in [-0.25, -0.2) is 4.39 Å². The first-order valence-corrected chi connectivity index (χ1v) is 4.96. The Labute approximate surface area is 95.7 Å². The van der Waals surface area contributed by atoms with E-state index >= 15 is 0 Å². The molecule has 0 saturated heterocycles. The third kappa shape index (κ3) is 2.22. The van der Waals surface area contributed by atoms with E-state index in [-0.39, 0.29) is 5.82 Å². The van der Waals surface area contributed by atoms with Gasteiger partial charge < -0.3 is 0 Å². The molecule has 2 rings (SSSR count). The molecule has 0 spiro atoms. The molecule has 0 bridgehead atoms. The number of hydrogen-bond acceptors (Lipinski definition) is 2. The largest absolute Gasteiger partial charge is 0.267 e. The second kappa shape index (κ2) is 4.08. The molecule has 1 aromatic carbocycles. The highest BCUT2D eigenvalue weighted by Crippen LogP contribution is 2.26. The Bertz CT molecular complexity index is 533. The van der Waals surface area contributed by atoms with Gasteiger partial charge in [0.2, 0.25) is 0 Å².